The Labute approximate surface area is 168 Å². The lowest BCUT2D eigenvalue weighted by Gasteiger charge is -2.13. The number of carbonyl (C=O) groups is 1. The minimum Gasteiger partial charge on any atom is -0.496 e. The van der Waals surface area contributed by atoms with E-state index in [1.807, 2.05) is 4.83 Å². The van der Waals surface area contributed by atoms with Gasteiger partial charge in [0.2, 0.25) is 0 Å². The summed E-state index contributed by atoms with van der Waals surface area (Å²) < 4.78 is 44.4. The zero-order valence-corrected chi connectivity index (χ0v) is 16.6. The fourth-order valence-electron chi connectivity index (χ4n) is 2.81. The summed E-state index contributed by atoms with van der Waals surface area (Å²) in [5.74, 6) is -1.09. The molecule has 3 rings (SSSR count). The molecule has 0 atom stereocenters. The summed E-state index contributed by atoms with van der Waals surface area (Å²) in [5.41, 5.74) is 3.26. The summed E-state index contributed by atoms with van der Waals surface area (Å²) in [7, 11) is -2.47. The number of benzene rings is 3. The highest BCUT2D eigenvalue weighted by Gasteiger charge is 2.20. The second-order valence-corrected chi connectivity index (χ2v) is 7.91. The highest BCUT2D eigenvalue weighted by atomic mass is 32.2. The van der Waals surface area contributed by atoms with E-state index in [2.05, 4.69) is 5.43 Å². The maximum absolute atomic E-state index is 14.6. The van der Waals surface area contributed by atoms with Crippen molar-refractivity contribution < 1.29 is 22.3 Å². The molecule has 0 unspecified atom stereocenters. The highest BCUT2D eigenvalue weighted by Crippen LogP contribution is 2.32. The van der Waals surface area contributed by atoms with E-state index in [-0.39, 0.29) is 16.0 Å². The standard InChI is InChI=1S/C21H19FN2O4S/c1-14-12-15(17-10-6-7-11-19(17)28-2)13-18(20(14)22)21(25)23-24-29(26,27)16-8-4-3-5-9-16/h3-13,24H,1-2H3,(H,23,25). The van der Waals surface area contributed by atoms with Gasteiger partial charge in [-0.3, -0.25) is 10.2 Å². The van der Waals surface area contributed by atoms with Crippen LogP contribution in [0.3, 0.4) is 0 Å². The topological polar surface area (TPSA) is 84.5 Å². The number of ether oxygens (including phenoxy) is 1. The first-order valence-corrected chi connectivity index (χ1v) is 10.1. The average molecular weight is 414 g/mol. The minimum atomic E-state index is -3.98. The monoisotopic (exact) mass is 414 g/mol. The SMILES string of the molecule is COc1ccccc1-c1cc(C)c(F)c(C(=O)NNS(=O)(=O)c2ccccc2)c1. The number of carbonyl (C=O) groups excluding carboxylic acids is 1. The van der Waals surface area contributed by atoms with E-state index in [0.717, 1.165) is 0 Å². The number of nitrogens with one attached hydrogen (secondary N) is 2. The van der Waals surface area contributed by atoms with Crippen LogP contribution < -0.4 is 15.0 Å². The smallest absolute Gasteiger partial charge is 0.269 e. The molecule has 2 N–H and O–H groups in total. The number of hydrazine groups is 1. The lowest BCUT2D eigenvalue weighted by atomic mass is 9.98. The van der Waals surface area contributed by atoms with Crippen molar-refractivity contribution in [1.29, 1.82) is 0 Å². The van der Waals surface area contributed by atoms with E-state index < -0.39 is 21.7 Å². The van der Waals surface area contributed by atoms with E-state index in [1.165, 1.54) is 32.2 Å². The Morgan fingerprint density at radius 3 is 2.34 bits per heavy atom. The molecule has 3 aromatic carbocycles. The van der Waals surface area contributed by atoms with Crippen LogP contribution in [-0.4, -0.2) is 21.4 Å². The first-order valence-electron chi connectivity index (χ1n) is 8.64. The van der Waals surface area contributed by atoms with Gasteiger partial charge in [0, 0.05) is 5.56 Å². The summed E-state index contributed by atoms with van der Waals surface area (Å²) in [4.78, 5) is 14.5. The van der Waals surface area contributed by atoms with Gasteiger partial charge in [-0.15, -0.1) is 4.83 Å². The van der Waals surface area contributed by atoms with Crippen molar-refractivity contribution in [2.24, 2.45) is 0 Å². The van der Waals surface area contributed by atoms with Crippen LogP contribution in [0.4, 0.5) is 4.39 Å². The second kappa shape index (κ2) is 8.42. The molecular formula is C21H19FN2O4S. The molecule has 0 saturated heterocycles. The van der Waals surface area contributed by atoms with Crippen LogP contribution in [0.5, 0.6) is 5.75 Å². The van der Waals surface area contributed by atoms with Crippen LogP contribution >= 0.6 is 0 Å². The van der Waals surface area contributed by atoms with Gasteiger partial charge in [-0.25, -0.2) is 12.8 Å². The van der Waals surface area contributed by atoms with Gasteiger partial charge in [0.25, 0.3) is 15.9 Å². The summed E-state index contributed by atoms with van der Waals surface area (Å²) in [6.07, 6.45) is 0. The van der Waals surface area contributed by atoms with Crippen LogP contribution in [0.2, 0.25) is 0 Å². The van der Waals surface area contributed by atoms with E-state index in [9.17, 15) is 17.6 Å². The van der Waals surface area contributed by atoms with Gasteiger partial charge in [0.15, 0.2) is 0 Å². The van der Waals surface area contributed by atoms with Gasteiger partial charge < -0.3 is 4.74 Å². The summed E-state index contributed by atoms with van der Waals surface area (Å²) in [5, 5.41) is 0. The molecule has 29 heavy (non-hydrogen) atoms. The molecule has 0 radical (unpaired) electrons. The number of methoxy groups -OCH3 is 1. The van der Waals surface area contributed by atoms with Gasteiger partial charge in [0.05, 0.1) is 17.6 Å². The molecule has 3 aromatic rings. The summed E-state index contributed by atoms with van der Waals surface area (Å²) in [6.45, 7) is 1.53. The molecule has 0 aliphatic heterocycles. The van der Waals surface area contributed by atoms with Crippen LogP contribution in [0, 0.1) is 12.7 Å². The third-order valence-electron chi connectivity index (χ3n) is 4.27. The number of para-hydroxylation sites is 1. The number of hydrogen-bond donors (Lipinski definition) is 2. The number of hydrogen-bond acceptors (Lipinski definition) is 4. The van der Waals surface area contributed by atoms with Crippen molar-refractivity contribution >= 4 is 15.9 Å². The molecule has 6 nitrogen and oxygen atoms in total. The fourth-order valence-corrected chi connectivity index (χ4v) is 3.67. The lowest BCUT2D eigenvalue weighted by Crippen LogP contribution is -2.41. The molecule has 150 valence electrons. The number of sulfonamides is 1. The Morgan fingerprint density at radius 1 is 1.00 bits per heavy atom. The average Bonchev–Trinajstić information content (AvgIpc) is 2.74. The Bertz CT molecular complexity index is 1150. The van der Waals surface area contributed by atoms with Gasteiger partial charge in [-0.2, -0.15) is 0 Å². The molecule has 0 fully saturated rings. The number of aryl methyl sites for hydroxylation is 1. The molecule has 0 heterocycles. The maximum atomic E-state index is 14.6. The molecule has 0 spiro atoms. The van der Waals surface area contributed by atoms with E-state index in [4.69, 9.17) is 4.74 Å². The quantitative estimate of drug-likeness (QED) is 0.605. The van der Waals surface area contributed by atoms with Gasteiger partial charge in [-0.05, 0) is 48.4 Å². The third kappa shape index (κ3) is 4.44. The molecule has 1 amide bonds. The molecule has 0 bridgehead atoms. The highest BCUT2D eigenvalue weighted by molar-refractivity contribution is 7.89. The lowest BCUT2D eigenvalue weighted by molar-refractivity contribution is 0.0941. The van der Waals surface area contributed by atoms with Crippen molar-refractivity contribution in [3.05, 3.63) is 83.7 Å². The second-order valence-electron chi connectivity index (χ2n) is 6.23. The number of amides is 1. The minimum absolute atomic E-state index is 0.0280. The van der Waals surface area contributed by atoms with Crippen molar-refractivity contribution in [3.8, 4) is 16.9 Å². The van der Waals surface area contributed by atoms with Gasteiger partial charge >= 0.3 is 0 Å². The zero-order chi connectivity index (χ0) is 21.0. The molecule has 8 heteroatoms. The van der Waals surface area contributed by atoms with Crippen molar-refractivity contribution in [2.45, 2.75) is 11.8 Å². The van der Waals surface area contributed by atoms with Crippen LogP contribution in [-0.2, 0) is 10.0 Å². The predicted molar refractivity (Wildman–Crippen MR) is 107 cm³/mol. The first kappa shape index (κ1) is 20.5. The van der Waals surface area contributed by atoms with Crippen LogP contribution in [0.15, 0.2) is 71.6 Å². The van der Waals surface area contributed by atoms with Gasteiger partial charge in [-0.1, -0.05) is 36.4 Å². The first-order chi connectivity index (χ1) is 13.8. The van der Waals surface area contributed by atoms with Crippen molar-refractivity contribution in [3.63, 3.8) is 0 Å². The summed E-state index contributed by atoms with van der Waals surface area (Å²) >= 11 is 0. The number of halogens is 1. The molecule has 0 saturated carbocycles. The zero-order valence-electron chi connectivity index (χ0n) is 15.8. The van der Waals surface area contributed by atoms with E-state index in [1.54, 1.807) is 48.5 Å². The fraction of sp³-hybridized carbons (Fsp3) is 0.0952. The molecule has 0 aliphatic carbocycles. The number of rotatable bonds is 6. The van der Waals surface area contributed by atoms with Crippen molar-refractivity contribution in [1.82, 2.24) is 10.3 Å². The Kier molecular flexibility index (Phi) is 5.95. The van der Waals surface area contributed by atoms with Crippen molar-refractivity contribution in [2.75, 3.05) is 7.11 Å². The van der Waals surface area contributed by atoms with E-state index in [0.29, 0.717) is 16.9 Å². The Balaban J connectivity index is 1.90. The normalized spacial score (nSPS) is 11.1. The van der Waals surface area contributed by atoms with E-state index >= 15 is 0 Å². The molecular weight excluding hydrogens is 395 g/mol. The van der Waals surface area contributed by atoms with Gasteiger partial charge in [0.1, 0.15) is 11.6 Å². The largest absolute Gasteiger partial charge is 0.496 e. The summed E-state index contributed by atoms with van der Waals surface area (Å²) in [6, 6.07) is 17.6. The Hall–Kier alpha value is -3.23. The molecule has 0 aliphatic rings. The Morgan fingerprint density at radius 2 is 1.66 bits per heavy atom. The molecule has 0 aromatic heterocycles. The maximum Gasteiger partial charge on any atom is 0.269 e. The van der Waals surface area contributed by atoms with Crippen LogP contribution in [0.1, 0.15) is 15.9 Å². The predicted octanol–water partition coefficient (Wildman–Crippen LogP) is 3.43. The van der Waals surface area contributed by atoms with Crippen LogP contribution in [0.25, 0.3) is 11.1 Å². The third-order valence-corrected chi connectivity index (χ3v) is 5.53.